The maximum absolute atomic E-state index is 13.2. The predicted molar refractivity (Wildman–Crippen MR) is 128 cm³/mol. The molecule has 2 aromatic rings. The molecule has 35 heavy (non-hydrogen) atoms. The van der Waals surface area contributed by atoms with Crippen LogP contribution in [0.2, 0.25) is 0 Å². The van der Waals surface area contributed by atoms with E-state index in [2.05, 4.69) is 5.32 Å². The number of nitrogens with zero attached hydrogens (tertiary/aromatic N) is 2. The molecule has 1 aliphatic heterocycles. The number of amides is 2. The summed E-state index contributed by atoms with van der Waals surface area (Å²) >= 11 is 0. The van der Waals surface area contributed by atoms with E-state index in [0.29, 0.717) is 18.0 Å². The number of benzene rings is 2. The van der Waals surface area contributed by atoms with Crippen LogP contribution in [0.1, 0.15) is 45.2 Å². The van der Waals surface area contributed by atoms with E-state index in [1.165, 1.54) is 23.1 Å². The highest BCUT2D eigenvalue weighted by molar-refractivity contribution is 6.01. The van der Waals surface area contributed by atoms with Gasteiger partial charge in [0.15, 0.2) is 0 Å². The van der Waals surface area contributed by atoms with Gasteiger partial charge < -0.3 is 19.7 Å². The highest BCUT2D eigenvalue weighted by Crippen LogP contribution is 2.34. The summed E-state index contributed by atoms with van der Waals surface area (Å²) in [4.78, 5) is 50.9. The number of nitrogens with one attached hydrogen (secondary N) is 1. The van der Waals surface area contributed by atoms with Crippen LogP contribution in [0.5, 0.6) is 5.75 Å². The van der Waals surface area contributed by atoms with Gasteiger partial charge in [0.2, 0.25) is 11.8 Å². The maximum Gasteiger partial charge on any atom is 0.308 e. The first kappa shape index (κ1) is 25.7. The van der Waals surface area contributed by atoms with Crippen molar-refractivity contribution in [1.29, 1.82) is 0 Å². The molecule has 0 spiro atoms. The van der Waals surface area contributed by atoms with Gasteiger partial charge in [-0.2, -0.15) is 0 Å². The first-order chi connectivity index (χ1) is 16.7. The Labute approximate surface area is 203 Å². The van der Waals surface area contributed by atoms with Crippen molar-refractivity contribution in [2.24, 2.45) is 5.92 Å². The van der Waals surface area contributed by atoms with Gasteiger partial charge in [0.1, 0.15) is 5.75 Å². The summed E-state index contributed by atoms with van der Waals surface area (Å²) in [5, 5.41) is 14.3. The van der Waals surface area contributed by atoms with Crippen LogP contribution in [0.15, 0.2) is 48.5 Å². The van der Waals surface area contributed by atoms with E-state index in [1.807, 2.05) is 6.92 Å². The van der Waals surface area contributed by atoms with Gasteiger partial charge in [-0.05, 0) is 32.9 Å². The third-order valence-corrected chi connectivity index (χ3v) is 5.52. The van der Waals surface area contributed by atoms with Gasteiger partial charge in [-0.3, -0.25) is 24.5 Å². The number of ether oxygens (including phenoxy) is 2. The van der Waals surface area contributed by atoms with Crippen molar-refractivity contribution in [2.75, 3.05) is 18.1 Å². The molecule has 186 valence electrons. The molecule has 1 heterocycles. The van der Waals surface area contributed by atoms with Crippen molar-refractivity contribution in [1.82, 2.24) is 5.32 Å². The summed E-state index contributed by atoms with van der Waals surface area (Å²) in [6.07, 6.45) is -0.699. The third kappa shape index (κ3) is 6.34. The van der Waals surface area contributed by atoms with Gasteiger partial charge in [-0.15, -0.1) is 0 Å². The number of hydrogen-bond acceptors (Lipinski definition) is 7. The minimum absolute atomic E-state index is 0.0354. The Kier molecular flexibility index (Phi) is 8.40. The molecule has 1 saturated heterocycles. The second kappa shape index (κ2) is 11.5. The molecule has 10 nitrogen and oxygen atoms in total. The van der Waals surface area contributed by atoms with Gasteiger partial charge in [0, 0.05) is 19.0 Å². The van der Waals surface area contributed by atoms with E-state index < -0.39 is 28.8 Å². The number of hydrogen-bond donors (Lipinski definition) is 1. The number of anilines is 1. The van der Waals surface area contributed by atoms with Crippen LogP contribution >= 0.6 is 0 Å². The smallest absolute Gasteiger partial charge is 0.308 e. The molecule has 0 aromatic heterocycles. The molecule has 10 heteroatoms. The Balaban J connectivity index is 1.82. The Hall–Kier alpha value is -3.95. The lowest BCUT2D eigenvalue weighted by atomic mass is 9.99. The minimum atomic E-state index is -0.991. The highest BCUT2D eigenvalue weighted by Gasteiger charge is 2.38. The molecule has 2 atom stereocenters. The molecule has 2 aromatic carbocycles. The zero-order valence-corrected chi connectivity index (χ0v) is 19.9. The van der Waals surface area contributed by atoms with Crippen LogP contribution in [0.3, 0.4) is 0 Å². The zero-order chi connectivity index (χ0) is 25.5. The molecule has 2 amide bonds. The van der Waals surface area contributed by atoms with Gasteiger partial charge in [0.05, 0.1) is 47.3 Å². The van der Waals surface area contributed by atoms with Crippen LogP contribution in [0.25, 0.3) is 0 Å². The van der Waals surface area contributed by atoms with E-state index in [-0.39, 0.29) is 42.6 Å². The molecule has 1 fully saturated rings. The van der Waals surface area contributed by atoms with Gasteiger partial charge >= 0.3 is 5.97 Å². The minimum Gasteiger partial charge on any atom is -0.492 e. The fraction of sp³-hybridized carbons (Fsp3) is 0.400. The van der Waals surface area contributed by atoms with Gasteiger partial charge in [-0.1, -0.05) is 30.3 Å². The van der Waals surface area contributed by atoms with Crippen LogP contribution in [-0.4, -0.2) is 42.0 Å². The maximum atomic E-state index is 13.2. The summed E-state index contributed by atoms with van der Waals surface area (Å²) in [6, 6.07) is 12.0. The Morgan fingerprint density at radius 2 is 1.86 bits per heavy atom. The molecule has 3 rings (SSSR count). The number of carbonyl (C=O) groups excluding carboxylic acids is 3. The van der Waals surface area contributed by atoms with E-state index in [4.69, 9.17) is 9.47 Å². The van der Waals surface area contributed by atoms with Crippen molar-refractivity contribution in [3.63, 3.8) is 0 Å². The van der Waals surface area contributed by atoms with E-state index in [1.54, 1.807) is 44.2 Å². The summed E-state index contributed by atoms with van der Waals surface area (Å²) in [5.41, 5.74) is 0.546. The number of nitro benzene ring substituents is 1. The first-order valence-electron chi connectivity index (χ1n) is 11.5. The Morgan fingerprint density at radius 1 is 1.17 bits per heavy atom. The van der Waals surface area contributed by atoms with Crippen molar-refractivity contribution >= 4 is 29.2 Å². The van der Waals surface area contributed by atoms with Crippen LogP contribution in [0.4, 0.5) is 11.4 Å². The average Bonchev–Trinajstić information content (AvgIpc) is 3.20. The van der Waals surface area contributed by atoms with Gasteiger partial charge in [-0.25, -0.2) is 0 Å². The van der Waals surface area contributed by atoms with Crippen LogP contribution in [0, 0.1) is 16.0 Å². The summed E-state index contributed by atoms with van der Waals surface area (Å²) in [7, 11) is 0. The van der Waals surface area contributed by atoms with Gasteiger partial charge in [0.25, 0.3) is 5.69 Å². The van der Waals surface area contributed by atoms with E-state index >= 15 is 0 Å². The molecule has 0 radical (unpaired) electrons. The summed E-state index contributed by atoms with van der Waals surface area (Å²) < 4.78 is 10.8. The molecule has 2 unspecified atom stereocenters. The largest absolute Gasteiger partial charge is 0.492 e. The molecule has 0 aliphatic carbocycles. The SMILES string of the molecule is CCOc1ccccc1N1CC(C(=O)NC(CC(=O)OC(C)C)c2ccccc2[N+](=O)[O-])CC1=O. The topological polar surface area (TPSA) is 128 Å². The number of rotatable bonds is 10. The fourth-order valence-electron chi connectivity index (χ4n) is 4.03. The predicted octanol–water partition coefficient (Wildman–Crippen LogP) is 3.55. The molecule has 1 N–H and O–H groups in total. The number of para-hydroxylation sites is 3. The molecule has 1 aliphatic rings. The molecule has 0 saturated carbocycles. The second-order valence-corrected chi connectivity index (χ2v) is 8.43. The van der Waals surface area contributed by atoms with Crippen molar-refractivity contribution in [3.8, 4) is 5.75 Å². The fourth-order valence-corrected chi connectivity index (χ4v) is 4.03. The van der Waals surface area contributed by atoms with Crippen molar-refractivity contribution in [3.05, 3.63) is 64.2 Å². The van der Waals surface area contributed by atoms with Crippen LogP contribution < -0.4 is 15.0 Å². The van der Waals surface area contributed by atoms with Crippen molar-refractivity contribution in [2.45, 2.75) is 45.8 Å². The molecular formula is C25H29N3O7. The normalized spacial score (nSPS) is 16.2. The lowest BCUT2D eigenvalue weighted by Gasteiger charge is -2.22. The summed E-state index contributed by atoms with van der Waals surface area (Å²) in [6.45, 7) is 5.76. The zero-order valence-electron chi connectivity index (χ0n) is 19.9. The molecule has 0 bridgehead atoms. The highest BCUT2D eigenvalue weighted by atomic mass is 16.6. The number of carbonyl (C=O) groups is 3. The summed E-state index contributed by atoms with van der Waals surface area (Å²) in [5.74, 6) is -1.48. The van der Waals surface area contributed by atoms with E-state index in [0.717, 1.165) is 0 Å². The standard InChI is InChI=1S/C25H29N3O7/c1-4-34-22-12-8-7-11-21(22)27-15-17(13-23(27)29)25(31)26-19(14-24(30)35-16(2)3)18-9-5-6-10-20(18)28(32)33/h5-12,16-17,19H,4,13-15H2,1-3H3,(H,26,31). The third-order valence-electron chi connectivity index (χ3n) is 5.52. The number of esters is 1. The Bertz CT molecular complexity index is 1100. The number of nitro groups is 1. The van der Waals surface area contributed by atoms with Crippen molar-refractivity contribution < 1.29 is 28.8 Å². The lowest BCUT2D eigenvalue weighted by molar-refractivity contribution is -0.385. The Morgan fingerprint density at radius 3 is 2.54 bits per heavy atom. The van der Waals surface area contributed by atoms with E-state index in [9.17, 15) is 24.5 Å². The lowest BCUT2D eigenvalue weighted by Crippen LogP contribution is -2.37. The second-order valence-electron chi connectivity index (χ2n) is 8.43. The molecular weight excluding hydrogens is 454 g/mol. The first-order valence-corrected chi connectivity index (χ1v) is 11.5. The van der Waals surface area contributed by atoms with Crippen LogP contribution in [-0.2, 0) is 19.1 Å². The monoisotopic (exact) mass is 483 g/mol. The quantitative estimate of drug-likeness (QED) is 0.311. The average molecular weight is 484 g/mol.